The lowest BCUT2D eigenvalue weighted by Gasteiger charge is -2.61. The standard InChI is InChI=1S/C49H72O11/c1-11-41(51)56-27-35(28-57-42(52)12-2)59-43(53)23-30(4)24-44(54)60-40-22-29(3)21-31(5)46(40)47(7,8)26-45(55)58-34-17-19-48(9)33(25-34)13-14-36-38-16-15-37(32(6)50)49(38,10)20-18-39(36)48/h21-22,30,33-39H,11-20,23-28H2,1-10H3/t30?,33-,34+,36-,37+,38-,39-,48-,49+/m0/s1. The first kappa shape index (κ1) is 47.3. The largest absolute Gasteiger partial charge is 0.462 e. The Hall–Kier alpha value is -3.76. The van der Waals surface area contributed by atoms with Crippen LogP contribution >= 0.6 is 0 Å². The molecule has 9 atom stereocenters. The Morgan fingerprint density at radius 3 is 2.02 bits per heavy atom. The highest BCUT2D eigenvalue weighted by atomic mass is 16.6. The minimum Gasteiger partial charge on any atom is -0.462 e. The lowest BCUT2D eigenvalue weighted by Crippen LogP contribution is -2.54. The van der Waals surface area contributed by atoms with Gasteiger partial charge in [-0.1, -0.05) is 54.5 Å². The zero-order valence-corrected chi connectivity index (χ0v) is 38.1. The second-order valence-corrected chi connectivity index (χ2v) is 20.0. The van der Waals surface area contributed by atoms with E-state index >= 15 is 0 Å². The van der Waals surface area contributed by atoms with E-state index in [1.54, 1.807) is 27.7 Å². The molecule has 1 aromatic carbocycles. The molecule has 0 amide bonds. The fraction of sp³-hybridized carbons (Fsp3) is 0.755. The van der Waals surface area contributed by atoms with Crippen LogP contribution in [0.2, 0.25) is 0 Å². The number of esters is 5. The van der Waals surface area contributed by atoms with Gasteiger partial charge in [0.2, 0.25) is 0 Å². The summed E-state index contributed by atoms with van der Waals surface area (Å²) >= 11 is 0. The van der Waals surface area contributed by atoms with E-state index < -0.39 is 41.3 Å². The summed E-state index contributed by atoms with van der Waals surface area (Å²) in [6.45, 7) is 19.0. The Balaban J connectivity index is 1.16. The van der Waals surface area contributed by atoms with Crippen molar-refractivity contribution in [3.63, 3.8) is 0 Å². The summed E-state index contributed by atoms with van der Waals surface area (Å²) in [7, 11) is 0. The summed E-state index contributed by atoms with van der Waals surface area (Å²) in [6.07, 6.45) is 8.83. The molecule has 5 rings (SSSR count). The smallest absolute Gasteiger partial charge is 0.311 e. The number of ether oxygens (including phenoxy) is 5. The summed E-state index contributed by atoms with van der Waals surface area (Å²) in [5.41, 5.74) is 2.22. The van der Waals surface area contributed by atoms with E-state index in [-0.39, 0.29) is 74.1 Å². The zero-order valence-electron chi connectivity index (χ0n) is 38.1. The van der Waals surface area contributed by atoms with E-state index in [0.29, 0.717) is 35.2 Å². The molecule has 4 saturated carbocycles. The maximum Gasteiger partial charge on any atom is 0.311 e. The molecule has 334 valence electrons. The van der Waals surface area contributed by atoms with Crippen LogP contribution in [0.15, 0.2) is 12.1 Å². The normalized spacial score (nSPS) is 29.0. The first-order valence-electron chi connectivity index (χ1n) is 22.7. The summed E-state index contributed by atoms with van der Waals surface area (Å²) in [6, 6.07) is 3.83. The third-order valence-corrected chi connectivity index (χ3v) is 15.1. The van der Waals surface area contributed by atoms with Gasteiger partial charge >= 0.3 is 29.8 Å². The van der Waals surface area contributed by atoms with Crippen molar-refractivity contribution in [2.45, 2.75) is 177 Å². The van der Waals surface area contributed by atoms with Crippen LogP contribution in [0.5, 0.6) is 5.75 Å². The van der Waals surface area contributed by atoms with Gasteiger partial charge in [-0.15, -0.1) is 0 Å². The van der Waals surface area contributed by atoms with Gasteiger partial charge < -0.3 is 23.7 Å². The van der Waals surface area contributed by atoms with Gasteiger partial charge in [-0.3, -0.25) is 28.8 Å². The number of fused-ring (bicyclic) bond motifs is 5. The Bertz CT molecular complexity index is 1740. The van der Waals surface area contributed by atoms with Gasteiger partial charge in [-0.2, -0.15) is 0 Å². The van der Waals surface area contributed by atoms with Crippen LogP contribution in [0, 0.1) is 60.2 Å². The Morgan fingerprint density at radius 2 is 1.38 bits per heavy atom. The van der Waals surface area contributed by atoms with Gasteiger partial charge in [0.05, 0.1) is 6.42 Å². The molecule has 60 heavy (non-hydrogen) atoms. The van der Waals surface area contributed by atoms with Gasteiger partial charge in [-0.25, -0.2) is 0 Å². The SMILES string of the molecule is CCC(=O)OCC(COC(=O)CC)OC(=O)CC(C)CC(=O)Oc1cc(C)cc(C)c1C(C)(C)CC(=O)O[C@@H]1CC[C@@]2(C)[C@@H](CC[C@@H]3[C@@H]2CC[C@]2(C)[C@@H](C(C)=O)CC[C@@H]32)C1. The van der Waals surface area contributed by atoms with E-state index in [1.165, 1.54) is 19.3 Å². The highest BCUT2D eigenvalue weighted by Gasteiger charge is 2.61. The number of rotatable bonds is 17. The topological polar surface area (TPSA) is 149 Å². The highest BCUT2D eigenvalue weighted by molar-refractivity contribution is 5.79. The number of Topliss-reactive ketones (excluding diaryl/α,β-unsaturated/α-hetero) is 1. The highest BCUT2D eigenvalue weighted by Crippen LogP contribution is 2.67. The van der Waals surface area contributed by atoms with E-state index in [0.717, 1.165) is 55.2 Å². The van der Waals surface area contributed by atoms with E-state index in [1.807, 2.05) is 39.8 Å². The van der Waals surface area contributed by atoms with Crippen LogP contribution in [-0.4, -0.2) is 61.1 Å². The van der Waals surface area contributed by atoms with Gasteiger partial charge in [0.15, 0.2) is 6.10 Å². The predicted octanol–water partition coefficient (Wildman–Crippen LogP) is 9.27. The van der Waals surface area contributed by atoms with Crippen molar-refractivity contribution in [2.75, 3.05) is 13.2 Å². The second-order valence-electron chi connectivity index (χ2n) is 20.0. The molecule has 0 aromatic heterocycles. The van der Waals surface area contributed by atoms with Gasteiger partial charge in [0.25, 0.3) is 0 Å². The molecule has 0 spiro atoms. The van der Waals surface area contributed by atoms with Crippen LogP contribution in [0.3, 0.4) is 0 Å². The Morgan fingerprint density at radius 1 is 0.767 bits per heavy atom. The first-order valence-corrected chi connectivity index (χ1v) is 22.7. The van der Waals surface area contributed by atoms with Crippen LogP contribution in [0.4, 0.5) is 0 Å². The van der Waals surface area contributed by atoms with Crippen LogP contribution in [-0.2, 0) is 53.1 Å². The third kappa shape index (κ3) is 10.8. The zero-order chi connectivity index (χ0) is 44.2. The molecular formula is C49H72O11. The van der Waals surface area contributed by atoms with Gasteiger partial charge in [0.1, 0.15) is 30.9 Å². The second kappa shape index (κ2) is 19.5. The summed E-state index contributed by atoms with van der Waals surface area (Å²) in [4.78, 5) is 76.0. The van der Waals surface area contributed by atoms with Crippen LogP contribution in [0.1, 0.15) is 162 Å². The fourth-order valence-electron chi connectivity index (χ4n) is 12.3. The molecule has 1 aromatic rings. The number of benzene rings is 1. The van der Waals surface area contributed by atoms with Crippen LogP contribution in [0.25, 0.3) is 0 Å². The molecule has 0 N–H and O–H groups in total. The molecule has 0 bridgehead atoms. The summed E-state index contributed by atoms with van der Waals surface area (Å²) in [5.74, 6) is 0.647. The minimum atomic E-state index is -0.975. The van der Waals surface area contributed by atoms with Gasteiger partial charge in [-0.05, 0) is 136 Å². The van der Waals surface area contributed by atoms with Crippen molar-refractivity contribution < 1.29 is 52.5 Å². The first-order chi connectivity index (χ1) is 28.2. The number of hydrogen-bond acceptors (Lipinski definition) is 11. The number of carbonyl (C=O) groups is 6. The third-order valence-electron chi connectivity index (χ3n) is 15.1. The monoisotopic (exact) mass is 837 g/mol. The van der Waals surface area contributed by atoms with E-state index in [4.69, 9.17) is 23.7 Å². The lowest BCUT2D eigenvalue weighted by atomic mass is 9.44. The quantitative estimate of drug-likeness (QED) is 0.0840. The molecule has 11 nitrogen and oxygen atoms in total. The molecule has 1 unspecified atom stereocenters. The summed E-state index contributed by atoms with van der Waals surface area (Å²) < 4.78 is 28.0. The Kier molecular flexibility index (Phi) is 15.4. The van der Waals surface area contributed by atoms with Crippen molar-refractivity contribution in [1.82, 2.24) is 0 Å². The van der Waals surface area contributed by atoms with Crippen molar-refractivity contribution in [1.29, 1.82) is 0 Å². The minimum absolute atomic E-state index is 0.0768. The van der Waals surface area contributed by atoms with Crippen molar-refractivity contribution in [3.8, 4) is 5.75 Å². The molecule has 0 radical (unpaired) electrons. The number of ketones is 1. The summed E-state index contributed by atoms with van der Waals surface area (Å²) in [5, 5.41) is 0. The van der Waals surface area contributed by atoms with Gasteiger partial charge in [0, 0.05) is 42.6 Å². The van der Waals surface area contributed by atoms with E-state index in [9.17, 15) is 28.8 Å². The molecule has 0 saturated heterocycles. The lowest BCUT2D eigenvalue weighted by molar-refractivity contribution is -0.167. The molecule has 0 aliphatic heterocycles. The van der Waals surface area contributed by atoms with Crippen molar-refractivity contribution in [2.24, 2.45) is 46.3 Å². The average Bonchev–Trinajstić information content (AvgIpc) is 3.52. The number of carbonyl (C=O) groups excluding carboxylic acids is 6. The number of hydrogen-bond donors (Lipinski definition) is 0. The maximum absolute atomic E-state index is 13.8. The molecular weight excluding hydrogens is 765 g/mol. The predicted molar refractivity (Wildman–Crippen MR) is 226 cm³/mol. The van der Waals surface area contributed by atoms with Crippen LogP contribution < -0.4 is 4.74 Å². The fourth-order valence-corrected chi connectivity index (χ4v) is 12.3. The molecule has 4 fully saturated rings. The van der Waals surface area contributed by atoms with Crippen molar-refractivity contribution in [3.05, 3.63) is 28.8 Å². The average molecular weight is 837 g/mol. The molecule has 4 aliphatic carbocycles. The molecule has 0 heterocycles. The molecule has 4 aliphatic rings. The Labute approximate surface area is 358 Å². The molecule has 11 heteroatoms. The van der Waals surface area contributed by atoms with E-state index in [2.05, 4.69) is 13.8 Å². The van der Waals surface area contributed by atoms with Crippen molar-refractivity contribution >= 4 is 35.6 Å². The maximum atomic E-state index is 13.8. The number of aryl methyl sites for hydroxylation is 2.